The van der Waals surface area contributed by atoms with Crippen LogP contribution in [0.5, 0.6) is 0 Å². The molecule has 1 N–H and O–H groups in total. The quantitative estimate of drug-likeness (QED) is 0.652. The minimum Gasteiger partial charge on any atom is -0.348 e. The number of hydrogen-bond acceptors (Lipinski definition) is 2. The molecule has 1 aliphatic carbocycles. The lowest BCUT2D eigenvalue weighted by molar-refractivity contribution is -0.116. The van der Waals surface area contributed by atoms with E-state index in [1.807, 2.05) is 0 Å². The summed E-state index contributed by atoms with van der Waals surface area (Å²) in [6.45, 7) is 6.05. The maximum absolute atomic E-state index is 11.6. The van der Waals surface area contributed by atoms with Crippen molar-refractivity contribution in [3.63, 3.8) is 0 Å². The molecule has 1 aromatic heterocycles. The van der Waals surface area contributed by atoms with Crippen LogP contribution in [0.15, 0.2) is 67.4 Å². The third-order valence-corrected chi connectivity index (χ3v) is 4.94. The van der Waals surface area contributed by atoms with Gasteiger partial charge in [0.1, 0.15) is 0 Å². The van der Waals surface area contributed by atoms with E-state index >= 15 is 0 Å². The van der Waals surface area contributed by atoms with E-state index in [-0.39, 0.29) is 5.91 Å². The molecule has 0 unspecified atom stereocenters. The van der Waals surface area contributed by atoms with Crippen LogP contribution < -0.4 is 5.32 Å². The van der Waals surface area contributed by atoms with E-state index in [9.17, 15) is 4.79 Å². The highest BCUT2D eigenvalue weighted by Crippen LogP contribution is 2.36. The van der Waals surface area contributed by atoms with E-state index in [0.29, 0.717) is 12.6 Å². The molecule has 0 radical (unpaired) electrons. The summed E-state index contributed by atoms with van der Waals surface area (Å²) in [5.41, 5.74) is 6.60. The van der Waals surface area contributed by atoms with Crippen molar-refractivity contribution in [2.75, 3.05) is 0 Å². The Morgan fingerprint density at radius 1 is 1.19 bits per heavy atom. The van der Waals surface area contributed by atoms with E-state index in [1.54, 1.807) is 0 Å². The molecule has 27 heavy (non-hydrogen) atoms. The second-order valence-electron chi connectivity index (χ2n) is 7.07. The van der Waals surface area contributed by atoms with Crippen LogP contribution in [-0.2, 0) is 11.3 Å². The van der Waals surface area contributed by atoms with Crippen molar-refractivity contribution < 1.29 is 4.79 Å². The molecule has 0 bridgehead atoms. The summed E-state index contributed by atoms with van der Waals surface area (Å²) in [5.74, 6) is -0.174. The van der Waals surface area contributed by atoms with Crippen LogP contribution in [-0.4, -0.2) is 15.7 Å². The Labute approximate surface area is 159 Å². The molecule has 1 fully saturated rings. The molecular weight excluding hydrogens is 334 g/mol. The van der Waals surface area contributed by atoms with Crippen LogP contribution in [0.4, 0.5) is 0 Å². The maximum Gasteiger partial charge on any atom is 0.243 e. The maximum atomic E-state index is 11.6. The average molecular weight is 357 g/mol. The van der Waals surface area contributed by atoms with Gasteiger partial charge in [-0.2, -0.15) is 5.10 Å². The van der Waals surface area contributed by atoms with Crippen LogP contribution >= 0.6 is 0 Å². The number of nitrogens with one attached hydrogen (secondary N) is 1. The standard InChI is InChI=1S/C23H23N3O/c1-3-23(27)24-15-19-9-8-18(17-6-4-16(2)5-7-17)14-21(19)22-12-13-26(25-22)20-10-11-20/h3-9,12-14,20H,1,10-11,15H2,2H3,(H,24,27). The molecular formula is C23H23N3O. The number of carbonyl (C=O) groups excluding carboxylic acids is 1. The summed E-state index contributed by atoms with van der Waals surface area (Å²) in [5, 5.41) is 7.66. The third kappa shape index (κ3) is 3.85. The van der Waals surface area contributed by atoms with E-state index in [1.165, 1.54) is 30.0 Å². The van der Waals surface area contributed by atoms with Gasteiger partial charge in [-0.3, -0.25) is 9.48 Å². The van der Waals surface area contributed by atoms with Gasteiger partial charge >= 0.3 is 0 Å². The highest BCUT2D eigenvalue weighted by molar-refractivity contribution is 5.87. The fraction of sp³-hybridized carbons (Fsp3) is 0.217. The number of rotatable bonds is 6. The van der Waals surface area contributed by atoms with Crippen molar-refractivity contribution in [2.45, 2.75) is 32.4 Å². The molecule has 0 saturated heterocycles. The zero-order chi connectivity index (χ0) is 18.8. The van der Waals surface area contributed by atoms with Crippen LogP contribution in [0.3, 0.4) is 0 Å². The number of hydrogen-bond donors (Lipinski definition) is 1. The predicted molar refractivity (Wildman–Crippen MR) is 108 cm³/mol. The first kappa shape index (κ1) is 17.3. The second kappa shape index (κ2) is 7.23. The van der Waals surface area contributed by atoms with Gasteiger partial charge in [-0.1, -0.05) is 48.5 Å². The Morgan fingerprint density at radius 3 is 2.63 bits per heavy atom. The summed E-state index contributed by atoms with van der Waals surface area (Å²) in [7, 11) is 0. The highest BCUT2D eigenvalue weighted by atomic mass is 16.1. The van der Waals surface area contributed by atoms with Gasteiger partial charge in [-0.05, 0) is 54.7 Å². The number of benzene rings is 2. The number of nitrogens with zero attached hydrogens (tertiary/aromatic N) is 2. The first-order valence-electron chi connectivity index (χ1n) is 9.30. The Morgan fingerprint density at radius 2 is 1.93 bits per heavy atom. The van der Waals surface area contributed by atoms with Crippen LogP contribution in [0.1, 0.15) is 30.0 Å². The first-order chi connectivity index (χ1) is 13.1. The molecule has 0 atom stereocenters. The van der Waals surface area contributed by atoms with Crippen LogP contribution in [0, 0.1) is 6.92 Å². The van der Waals surface area contributed by atoms with Crippen molar-refractivity contribution in [3.8, 4) is 22.4 Å². The highest BCUT2D eigenvalue weighted by Gasteiger charge is 2.24. The second-order valence-corrected chi connectivity index (χ2v) is 7.07. The topological polar surface area (TPSA) is 46.9 Å². The molecule has 4 heteroatoms. The molecule has 2 aromatic carbocycles. The van der Waals surface area contributed by atoms with Gasteiger partial charge in [0, 0.05) is 18.3 Å². The Hall–Kier alpha value is -3.14. The van der Waals surface area contributed by atoms with Gasteiger partial charge < -0.3 is 5.32 Å². The molecule has 1 amide bonds. The number of amides is 1. The fourth-order valence-corrected chi connectivity index (χ4v) is 3.17. The van der Waals surface area contributed by atoms with E-state index in [0.717, 1.165) is 22.4 Å². The number of aromatic nitrogens is 2. The predicted octanol–water partition coefficient (Wildman–Crippen LogP) is 4.66. The minimum atomic E-state index is -0.174. The normalized spacial score (nSPS) is 13.4. The molecule has 3 aromatic rings. The number of aryl methyl sites for hydroxylation is 1. The lowest BCUT2D eigenvalue weighted by Gasteiger charge is -2.12. The van der Waals surface area contributed by atoms with Crippen molar-refractivity contribution >= 4 is 5.91 Å². The van der Waals surface area contributed by atoms with Crippen molar-refractivity contribution in [2.24, 2.45) is 0 Å². The van der Waals surface area contributed by atoms with E-state index in [4.69, 9.17) is 5.10 Å². The van der Waals surface area contributed by atoms with Gasteiger partial charge in [0.05, 0.1) is 11.7 Å². The Balaban J connectivity index is 1.72. The summed E-state index contributed by atoms with van der Waals surface area (Å²) in [6.07, 6.45) is 5.75. The lowest BCUT2D eigenvalue weighted by Crippen LogP contribution is -2.20. The molecule has 4 nitrogen and oxygen atoms in total. The Bertz CT molecular complexity index is 981. The van der Waals surface area contributed by atoms with Gasteiger partial charge in [-0.15, -0.1) is 0 Å². The third-order valence-electron chi connectivity index (χ3n) is 4.94. The van der Waals surface area contributed by atoms with Gasteiger partial charge in [0.25, 0.3) is 0 Å². The van der Waals surface area contributed by atoms with Gasteiger partial charge in [-0.25, -0.2) is 0 Å². The van der Waals surface area contributed by atoms with E-state index in [2.05, 4.69) is 78.2 Å². The molecule has 4 rings (SSSR count). The van der Waals surface area contributed by atoms with Crippen LogP contribution in [0.25, 0.3) is 22.4 Å². The Kier molecular flexibility index (Phi) is 4.63. The molecule has 1 saturated carbocycles. The van der Waals surface area contributed by atoms with Gasteiger partial charge in [0.2, 0.25) is 5.91 Å². The zero-order valence-electron chi connectivity index (χ0n) is 15.5. The molecule has 1 aliphatic rings. The zero-order valence-corrected chi connectivity index (χ0v) is 15.5. The summed E-state index contributed by atoms with van der Waals surface area (Å²) >= 11 is 0. The van der Waals surface area contributed by atoms with Crippen molar-refractivity contribution in [3.05, 3.63) is 78.5 Å². The van der Waals surface area contributed by atoms with Crippen molar-refractivity contribution in [1.82, 2.24) is 15.1 Å². The lowest BCUT2D eigenvalue weighted by atomic mass is 9.97. The van der Waals surface area contributed by atoms with E-state index < -0.39 is 0 Å². The molecule has 1 heterocycles. The largest absolute Gasteiger partial charge is 0.348 e. The first-order valence-corrected chi connectivity index (χ1v) is 9.30. The summed E-state index contributed by atoms with van der Waals surface area (Å²) in [4.78, 5) is 11.6. The van der Waals surface area contributed by atoms with Crippen LogP contribution in [0.2, 0.25) is 0 Å². The summed E-state index contributed by atoms with van der Waals surface area (Å²) < 4.78 is 2.06. The molecule has 0 aliphatic heterocycles. The van der Waals surface area contributed by atoms with Crippen molar-refractivity contribution in [1.29, 1.82) is 0 Å². The monoisotopic (exact) mass is 357 g/mol. The SMILES string of the molecule is C=CC(=O)NCc1ccc(-c2ccc(C)cc2)cc1-c1ccn(C2CC2)n1. The smallest absolute Gasteiger partial charge is 0.243 e. The molecule has 0 spiro atoms. The summed E-state index contributed by atoms with van der Waals surface area (Å²) in [6, 6.07) is 17.5. The minimum absolute atomic E-state index is 0.174. The molecule has 136 valence electrons. The number of carbonyl (C=O) groups is 1. The van der Waals surface area contributed by atoms with Gasteiger partial charge in [0.15, 0.2) is 0 Å². The average Bonchev–Trinajstić information content (AvgIpc) is 3.43. The fourth-order valence-electron chi connectivity index (χ4n) is 3.17.